The van der Waals surface area contributed by atoms with Gasteiger partial charge in [0.05, 0.1) is 20.5 Å². The highest BCUT2D eigenvalue weighted by atomic mass is 28.2. The van der Waals surface area contributed by atoms with E-state index < -0.39 is 10.8 Å². The molecule has 1 N–H and O–H groups in total. The Labute approximate surface area is 172 Å². The lowest BCUT2D eigenvalue weighted by Crippen LogP contribution is -2.52. The molecule has 9 heteroatoms. The Kier molecular flexibility index (Phi) is 15.1. The van der Waals surface area contributed by atoms with Gasteiger partial charge in [-0.05, 0) is 41.5 Å². The molecular weight excluding hydrogens is 382 g/mol. The quantitative estimate of drug-likeness (QED) is 0.250. The fraction of sp³-hybridized carbons (Fsp3) is 1.00. The van der Waals surface area contributed by atoms with E-state index in [9.17, 15) is 0 Å². The number of ether oxygens (including phenoxy) is 6. The SMILES string of the molecule is CCOC(CC([SiH3])(OCC)OCC)NC(CC([SiH3])(OCC)OCC)OCC. The van der Waals surface area contributed by atoms with Crippen LogP contribution in [0.4, 0.5) is 0 Å². The minimum atomic E-state index is -0.578. The standard InChI is InChI=1S/C18H43NO6Si2/c1-7-20-15(13-17(26,22-9-3)23-10-4)19-16(21-8-2)14-18(27,24-11-5)25-12-6/h15-16,19H,7-14H2,1-6,26-27H3. The molecule has 164 valence electrons. The fourth-order valence-corrected chi connectivity index (χ4v) is 5.05. The number of hydrogen-bond acceptors (Lipinski definition) is 7. The van der Waals surface area contributed by atoms with E-state index in [4.69, 9.17) is 28.4 Å². The Morgan fingerprint density at radius 1 is 0.593 bits per heavy atom. The van der Waals surface area contributed by atoms with Crippen molar-refractivity contribution in [2.75, 3.05) is 39.6 Å². The third kappa shape index (κ3) is 11.7. The van der Waals surface area contributed by atoms with Crippen molar-refractivity contribution < 1.29 is 28.4 Å². The van der Waals surface area contributed by atoms with Crippen molar-refractivity contribution in [3.05, 3.63) is 0 Å². The Morgan fingerprint density at radius 2 is 0.889 bits per heavy atom. The highest BCUT2D eigenvalue weighted by molar-refractivity contribution is 6.13. The average Bonchev–Trinajstić information content (AvgIpc) is 2.55. The molecule has 0 radical (unpaired) electrons. The van der Waals surface area contributed by atoms with E-state index in [0.29, 0.717) is 52.5 Å². The Balaban J connectivity index is 5.18. The van der Waals surface area contributed by atoms with Crippen LogP contribution in [0.5, 0.6) is 0 Å². The van der Waals surface area contributed by atoms with Gasteiger partial charge in [-0.15, -0.1) is 0 Å². The Bertz CT molecular complexity index is 321. The van der Waals surface area contributed by atoms with E-state index in [1.807, 2.05) is 41.5 Å². The van der Waals surface area contributed by atoms with Gasteiger partial charge in [0.1, 0.15) is 23.3 Å². The Morgan fingerprint density at radius 3 is 1.11 bits per heavy atom. The average molecular weight is 426 g/mol. The van der Waals surface area contributed by atoms with Crippen molar-refractivity contribution in [3.63, 3.8) is 0 Å². The lowest BCUT2D eigenvalue weighted by molar-refractivity contribution is -0.210. The van der Waals surface area contributed by atoms with Crippen molar-refractivity contribution in [2.24, 2.45) is 0 Å². The molecule has 0 saturated carbocycles. The molecule has 0 aromatic carbocycles. The van der Waals surface area contributed by atoms with Crippen LogP contribution in [0.15, 0.2) is 0 Å². The van der Waals surface area contributed by atoms with E-state index in [2.05, 4.69) is 5.32 Å². The molecule has 0 saturated heterocycles. The maximum Gasteiger partial charge on any atom is 0.145 e. The second kappa shape index (κ2) is 15.1. The first kappa shape index (κ1) is 27.2. The van der Waals surface area contributed by atoms with Crippen LogP contribution in [0.2, 0.25) is 0 Å². The summed E-state index contributed by atoms with van der Waals surface area (Å²) in [5, 5.41) is 3.48. The summed E-state index contributed by atoms with van der Waals surface area (Å²) in [6.45, 7) is 15.5. The molecule has 0 amide bonds. The molecule has 0 aromatic rings. The number of nitrogens with one attached hydrogen (secondary N) is 1. The first-order chi connectivity index (χ1) is 12.8. The van der Waals surface area contributed by atoms with Crippen molar-refractivity contribution in [2.45, 2.75) is 77.7 Å². The predicted octanol–water partition coefficient (Wildman–Crippen LogP) is 0.266. The molecule has 0 rings (SSSR count). The van der Waals surface area contributed by atoms with Gasteiger partial charge in [0.25, 0.3) is 0 Å². The third-order valence-corrected chi connectivity index (χ3v) is 5.99. The van der Waals surface area contributed by atoms with E-state index in [1.54, 1.807) is 0 Å². The van der Waals surface area contributed by atoms with Gasteiger partial charge in [0.2, 0.25) is 0 Å². The maximum atomic E-state index is 5.94. The summed E-state index contributed by atoms with van der Waals surface area (Å²) in [4.78, 5) is 0. The van der Waals surface area contributed by atoms with Crippen LogP contribution in [0, 0.1) is 0 Å². The van der Waals surface area contributed by atoms with Crippen molar-refractivity contribution >= 4 is 20.5 Å². The number of rotatable bonds is 18. The van der Waals surface area contributed by atoms with E-state index in [-0.39, 0.29) is 12.5 Å². The minimum absolute atomic E-state index is 0.240. The van der Waals surface area contributed by atoms with Crippen LogP contribution in [0.25, 0.3) is 0 Å². The summed E-state index contributed by atoms with van der Waals surface area (Å²) in [5.74, 6) is 0. The maximum absolute atomic E-state index is 5.94. The summed E-state index contributed by atoms with van der Waals surface area (Å²) in [6.07, 6.45) is 0.735. The van der Waals surface area contributed by atoms with Crippen molar-refractivity contribution in [1.29, 1.82) is 0 Å². The summed E-state index contributed by atoms with van der Waals surface area (Å²) >= 11 is 0. The van der Waals surface area contributed by atoms with Gasteiger partial charge in [0.15, 0.2) is 0 Å². The number of hydrogen-bond donors (Lipinski definition) is 1. The highest BCUT2D eigenvalue weighted by Crippen LogP contribution is 2.21. The summed E-state index contributed by atoms with van der Waals surface area (Å²) in [7, 11) is 1.49. The van der Waals surface area contributed by atoms with Gasteiger partial charge in [-0.3, -0.25) is 5.32 Å². The molecule has 0 aliphatic heterocycles. The van der Waals surface area contributed by atoms with E-state index in [1.165, 1.54) is 0 Å². The zero-order valence-electron chi connectivity index (χ0n) is 18.8. The largest absolute Gasteiger partial charge is 0.363 e. The normalized spacial score (nSPS) is 15.3. The predicted molar refractivity (Wildman–Crippen MR) is 115 cm³/mol. The molecule has 2 atom stereocenters. The topological polar surface area (TPSA) is 67.4 Å². The molecule has 0 aliphatic rings. The molecule has 0 aromatic heterocycles. The van der Waals surface area contributed by atoms with Gasteiger partial charge in [-0.2, -0.15) is 0 Å². The second-order valence-corrected chi connectivity index (χ2v) is 9.51. The van der Waals surface area contributed by atoms with Crippen LogP contribution < -0.4 is 5.32 Å². The first-order valence-electron chi connectivity index (χ1n) is 10.4. The third-order valence-electron chi connectivity index (χ3n) is 4.02. The summed E-state index contributed by atoms with van der Waals surface area (Å²) in [5.41, 5.74) is -1.16. The van der Waals surface area contributed by atoms with Crippen LogP contribution in [-0.4, -0.2) is 83.4 Å². The second-order valence-electron chi connectivity index (χ2n) is 6.46. The zero-order valence-corrected chi connectivity index (χ0v) is 22.8. The smallest absolute Gasteiger partial charge is 0.145 e. The van der Waals surface area contributed by atoms with Gasteiger partial charge in [-0.1, -0.05) is 0 Å². The van der Waals surface area contributed by atoms with E-state index >= 15 is 0 Å². The van der Waals surface area contributed by atoms with Gasteiger partial charge in [0, 0.05) is 52.5 Å². The molecule has 7 nitrogen and oxygen atoms in total. The zero-order chi connectivity index (χ0) is 20.8. The molecule has 2 unspecified atom stereocenters. The van der Waals surface area contributed by atoms with Crippen LogP contribution in [0.3, 0.4) is 0 Å². The molecular formula is C18H43NO6Si2. The highest BCUT2D eigenvalue weighted by Gasteiger charge is 2.34. The van der Waals surface area contributed by atoms with Gasteiger partial charge < -0.3 is 28.4 Å². The van der Waals surface area contributed by atoms with E-state index in [0.717, 1.165) is 20.5 Å². The molecule has 0 fully saturated rings. The monoisotopic (exact) mass is 425 g/mol. The van der Waals surface area contributed by atoms with Gasteiger partial charge >= 0.3 is 0 Å². The minimum Gasteiger partial charge on any atom is -0.363 e. The lowest BCUT2D eigenvalue weighted by Gasteiger charge is -2.37. The fourth-order valence-electron chi connectivity index (χ4n) is 3.16. The molecule has 0 spiro atoms. The van der Waals surface area contributed by atoms with Crippen molar-refractivity contribution in [3.8, 4) is 0 Å². The van der Waals surface area contributed by atoms with Crippen LogP contribution in [0.1, 0.15) is 54.4 Å². The van der Waals surface area contributed by atoms with Crippen LogP contribution in [-0.2, 0) is 28.4 Å². The Hall–Kier alpha value is 0.154. The summed E-state index contributed by atoms with van der Waals surface area (Å²) in [6, 6.07) is 0. The molecule has 0 aliphatic carbocycles. The summed E-state index contributed by atoms with van der Waals surface area (Å²) < 4.78 is 35.5. The van der Waals surface area contributed by atoms with Crippen LogP contribution >= 0.6 is 0 Å². The van der Waals surface area contributed by atoms with Gasteiger partial charge in [-0.25, -0.2) is 0 Å². The molecule has 0 heterocycles. The lowest BCUT2D eigenvalue weighted by atomic mass is 10.3. The first-order valence-corrected chi connectivity index (χ1v) is 12.4. The molecule has 27 heavy (non-hydrogen) atoms. The molecule has 0 bridgehead atoms. The van der Waals surface area contributed by atoms with Crippen molar-refractivity contribution in [1.82, 2.24) is 5.32 Å².